The van der Waals surface area contributed by atoms with Crippen LogP contribution in [0, 0.1) is 0 Å². The van der Waals surface area contributed by atoms with Crippen molar-refractivity contribution in [1.82, 2.24) is 5.32 Å². The molecule has 0 bridgehead atoms. The van der Waals surface area contributed by atoms with E-state index in [1.807, 2.05) is 6.92 Å². The lowest BCUT2D eigenvalue weighted by atomic mass is 10.1. The normalized spacial score (nSPS) is 14.5. The van der Waals surface area contributed by atoms with Crippen molar-refractivity contribution in [3.63, 3.8) is 0 Å². The molecule has 0 aromatic carbocycles. The summed E-state index contributed by atoms with van der Waals surface area (Å²) >= 11 is 0. The van der Waals surface area contributed by atoms with Gasteiger partial charge in [-0.15, -0.1) is 0 Å². The van der Waals surface area contributed by atoms with E-state index in [-0.39, 0.29) is 18.6 Å². The summed E-state index contributed by atoms with van der Waals surface area (Å²) in [5, 5.41) is 12.4. The van der Waals surface area contributed by atoms with Crippen LogP contribution in [0.5, 0.6) is 0 Å². The maximum Gasteiger partial charge on any atom is 0.323 e. The molecule has 0 aromatic heterocycles. The van der Waals surface area contributed by atoms with Gasteiger partial charge in [0.05, 0.1) is 19.3 Å². The Morgan fingerprint density at radius 2 is 2.12 bits per heavy atom. The lowest BCUT2D eigenvalue weighted by molar-refractivity contribution is -0.146. The number of carbonyl (C=O) groups excluding carboxylic acids is 1. The minimum Gasteiger partial charge on any atom is -0.465 e. The number of aliphatic hydroxyl groups is 1. The van der Waals surface area contributed by atoms with Gasteiger partial charge < -0.3 is 19.9 Å². The number of esters is 1. The summed E-state index contributed by atoms with van der Waals surface area (Å²) in [6, 6.07) is -0.337. The second-order valence-electron chi connectivity index (χ2n) is 3.61. The molecule has 0 saturated heterocycles. The van der Waals surface area contributed by atoms with E-state index in [9.17, 15) is 9.90 Å². The number of aliphatic hydroxyl groups excluding tert-OH is 1. The van der Waals surface area contributed by atoms with Crippen LogP contribution in [0.15, 0.2) is 0 Å². The van der Waals surface area contributed by atoms with E-state index in [2.05, 4.69) is 5.32 Å². The molecule has 2 atom stereocenters. The summed E-state index contributed by atoms with van der Waals surface area (Å²) in [4.78, 5) is 11.5. The van der Waals surface area contributed by atoms with Crippen molar-refractivity contribution in [3.05, 3.63) is 0 Å². The topological polar surface area (TPSA) is 67.8 Å². The second-order valence-corrected chi connectivity index (χ2v) is 3.61. The Labute approximate surface area is 97.1 Å². The van der Waals surface area contributed by atoms with E-state index in [4.69, 9.17) is 9.47 Å². The predicted octanol–water partition coefficient (Wildman–Crippen LogP) is 0.315. The van der Waals surface area contributed by atoms with Crippen LogP contribution in [0.1, 0.15) is 26.7 Å². The number of rotatable bonds is 9. The van der Waals surface area contributed by atoms with Gasteiger partial charge in [-0.05, 0) is 13.3 Å². The predicted molar refractivity (Wildman–Crippen MR) is 61.2 cm³/mol. The van der Waals surface area contributed by atoms with Crippen LogP contribution < -0.4 is 5.32 Å². The van der Waals surface area contributed by atoms with Gasteiger partial charge >= 0.3 is 5.97 Å². The zero-order chi connectivity index (χ0) is 12.4. The number of hydrogen-bond acceptors (Lipinski definition) is 5. The third kappa shape index (κ3) is 6.76. The molecule has 0 radical (unpaired) electrons. The highest BCUT2D eigenvalue weighted by Crippen LogP contribution is 2.00. The fourth-order valence-corrected chi connectivity index (χ4v) is 1.36. The Morgan fingerprint density at radius 3 is 2.62 bits per heavy atom. The van der Waals surface area contributed by atoms with Crippen LogP contribution >= 0.6 is 0 Å². The smallest absolute Gasteiger partial charge is 0.323 e. The van der Waals surface area contributed by atoms with E-state index in [0.717, 1.165) is 6.42 Å². The molecule has 0 amide bonds. The number of hydrogen-bond donors (Lipinski definition) is 2. The SMILES string of the molecule is CCCC(NCC(O)COC)C(=O)OCC. The fourth-order valence-electron chi connectivity index (χ4n) is 1.36. The molecule has 0 aromatic rings. The van der Waals surface area contributed by atoms with Crippen LogP contribution in [-0.2, 0) is 14.3 Å². The summed E-state index contributed by atoms with van der Waals surface area (Å²) in [5.74, 6) is -0.256. The Balaban J connectivity index is 3.97. The van der Waals surface area contributed by atoms with E-state index in [0.29, 0.717) is 19.6 Å². The van der Waals surface area contributed by atoms with Crippen LogP contribution in [0.2, 0.25) is 0 Å². The van der Waals surface area contributed by atoms with E-state index < -0.39 is 6.10 Å². The van der Waals surface area contributed by atoms with E-state index in [1.54, 1.807) is 6.92 Å². The van der Waals surface area contributed by atoms with Crippen molar-refractivity contribution in [1.29, 1.82) is 0 Å². The highest BCUT2D eigenvalue weighted by atomic mass is 16.5. The minimum absolute atomic E-state index is 0.256. The molecule has 0 saturated carbocycles. The molecule has 0 rings (SSSR count). The minimum atomic E-state index is -0.598. The first-order chi connectivity index (χ1) is 7.65. The Hall–Kier alpha value is -0.650. The van der Waals surface area contributed by atoms with Gasteiger partial charge in [0.1, 0.15) is 6.04 Å². The summed E-state index contributed by atoms with van der Waals surface area (Å²) < 4.78 is 9.73. The third-order valence-corrected chi connectivity index (χ3v) is 2.11. The molecule has 5 heteroatoms. The summed E-state index contributed by atoms with van der Waals surface area (Å²) in [6.45, 7) is 4.74. The molecule has 0 heterocycles. The molecule has 96 valence electrons. The lowest BCUT2D eigenvalue weighted by Gasteiger charge is -2.18. The number of carbonyl (C=O) groups is 1. The van der Waals surface area contributed by atoms with Crippen molar-refractivity contribution >= 4 is 5.97 Å². The van der Waals surface area contributed by atoms with Crippen molar-refractivity contribution in [2.24, 2.45) is 0 Å². The first-order valence-corrected chi connectivity index (χ1v) is 5.72. The number of methoxy groups -OCH3 is 1. The number of ether oxygens (including phenoxy) is 2. The first kappa shape index (κ1) is 15.3. The summed E-state index contributed by atoms with van der Waals surface area (Å²) in [6.07, 6.45) is 0.994. The van der Waals surface area contributed by atoms with Crippen LogP contribution in [0.25, 0.3) is 0 Å². The molecular weight excluding hydrogens is 210 g/mol. The molecule has 0 aliphatic heterocycles. The molecule has 0 fully saturated rings. The Morgan fingerprint density at radius 1 is 1.44 bits per heavy atom. The van der Waals surface area contributed by atoms with Crippen molar-refractivity contribution in [3.8, 4) is 0 Å². The molecule has 0 spiro atoms. The fraction of sp³-hybridized carbons (Fsp3) is 0.909. The molecule has 2 N–H and O–H groups in total. The highest BCUT2D eigenvalue weighted by molar-refractivity contribution is 5.75. The number of nitrogens with one attached hydrogen (secondary N) is 1. The molecular formula is C11H23NO4. The first-order valence-electron chi connectivity index (χ1n) is 5.72. The standard InChI is InChI=1S/C11H23NO4/c1-4-6-10(11(14)16-5-2)12-7-9(13)8-15-3/h9-10,12-13H,4-8H2,1-3H3. The largest absolute Gasteiger partial charge is 0.465 e. The van der Waals surface area contributed by atoms with Gasteiger partial charge in [-0.1, -0.05) is 13.3 Å². The zero-order valence-electron chi connectivity index (χ0n) is 10.4. The van der Waals surface area contributed by atoms with E-state index >= 15 is 0 Å². The van der Waals surface area contributed by atoms with Crippen LogP contribution in [0.3, 0.4) is 0 Å². The highest BCUT2D eigenvalue weighted by Gasteiger charge is 2.19. The van der Waals surface area contributed by atoms with Crippen LogP contribution in [-0.4, -0.2) is 50.1 Å². The third-order valence-electron chi connectivity index (χ3n) is 2.11. The van der Waals surface area contributed by atoms with Crippen LogP contribution in [0.4, 0.5) is 0 Å². The molecule has 2 unspecified atom stereocenters. The maximum absolute atomic E-state index is 11.5. The lowest BCUT2D eigenvalue weighted by Crippen LogP contribution is -2.42. The zero-order valence-corrected chi connectivity index (χ0v) is 10.4. The molecule has 5 nitrogen and oxygen atoms in total. The van der Waals surface area contributed by atoms with Gasteiger partial charge in [0.2, 0.25) is 0 Å². The van der Waals surface area contributed by atoms with Crippen molar-refractivity contribution in [2.75, 3.05) is 26.9 Å². The van der Waals surface area contributed by atoms with Gasteiger partial charge in [-0.2, -0.15) is 0 Å². The molecule has 0 aliphatic carbocycles. The average molecular weight is 233 g/mol. The maximum atomic E-state index is 11.5. The van der Waals surface area contributed by atoms with Gasteiger partial charge in [0, 0.05) is 13.7 Å². The second kappa shape index (κ2) is 9.57. The van der Waals surface area contributed by atoms with Crippen molar-refractivity contribution < 1.29 is 19.4 Å². The Bertz CT molecular complexity index is 187. The average Bonchev–Trinajstić information content (AvgIpc) is 2.24. The summed E-state index contributed by atoms with van der Waals surface area (Å²) in [5.41, 5.74) is 0. The molecule has 0 aliphatic rings. The monoisotopic (exact) mass is 233 g/mol. The van der Waals surface area contributed by atoms with Gasteiger partial charge in [0.25, 0.3) is 0 Å². The van der Waals surface area contributed by atoms with Gasteiger partial charge in [-0.3, -0.25) is 4.79 Å². The summed E-state index contributed by atoms with van der Waals surface area (Å²) in [7, 11) is 1.53. The molecule has 16 heavy (non-hydrogen) atoms. The van der Waals surface area contributed by atoms with Crippen molar-refractivity contribution in [2.45, 2.75) is 38.8 Å². The Kier molecular flexibility index (Phi) is 9.18. The van der Waals surface area contributed by atoms with Gasteiger partial charge in [-0.25, -0.2) is 0 Å². The van der Waals surface area contributed by atoms with E-state index in [1.165, 1.54) is 7.11 Å². The van der Waals surface area contributed by atoms with Gasteiger partial charge in [0.15, 0.2) is 0 Å². The quantitative estimate of drug-likeness (QED) is 0.561.